The van der Waals surface area contributed by atoms with Crippen LogP contribution in [0.25, 0.3) is 0 Å². The number of carbonyl (C=O) groups excluding carboxylic acids is 1. The van der Waals surface area contributed by atoms with Gasteiger partial charge in [0.25, 0.3) is 0 Å². The molecule has 28 heavy (non-hydrogen) atoms. The number of carbonyl (C=O) groups is 1. The van der Waals surface area contributed by atoms with Gasteiger partial charge in [-0.25, -0.2) is 13.1 Å². The molecule has 1 atom stereocenters. The maximum Gasteiger partial charge on any atom is 0.240 e. The maximum absolute atomic E-state index is 12.8. The van der Waals surface area contributed by atoms with Crippen LogP contribution < -0.4 is 4.72 Å². The van der Waals surface area contributed by atoms with E-state index in [1.54, 1.807) is 24.3 Å². The van der Waals surface area contributed by atoms with Gasteiger partial charge in [-0.05, 0) is 31.7 Å². The molecule has 1 fully saturated rings. The smallest absolute Gasteiger partial charge is 0.240 e. The Labute approximate surface area is 167 Å². The van der Waals surface area contributed by atoms with Crippen LogP contribution in [-0.4, -0.2) is 57.4 Å². The molecule has 0 aliphatic carbocycles. The van der Waals surface area contributed by atoms with Gasteiger partial charge < -0.3 is 9.80 Å². The third-order valence-corrected chi connectivity index (χ3v) is 6.53. The number of sulfonamides is 1. The molecule has 6 nitrogen and oxygen atoms in total. The number of likely N-dealkylation sites (N-methyl/N-ethyl adjacent to an activating group) is 1. The molecule has 1 amide bonds. The third-order valence-electron chi connectivity index (χ3n) is 5.05. The topological polar surface area (TPSA) is 69.7 Å². The summed E-state index contributed by atoms with van der Waals surface area (Å²) in [6.07, 6.45) is 0.137. The second kappa shape index (κ2) is 8.86. The molecule has 0 spiro atoms. The van der Waals surface area contributed by atoms with E-state index in [0.717, 1.165) is 24.2 Å². The number of rotatable bonds is 6. The summed E-state index contributed by atoms with van der Waals surface area (Å²) in [6, 6.07) is 16.6. The molecular weight excluding hydrogens is 374 g/mol. The van der Waals surface area contributed by atoms with E-state index in [4.69, 9.17) is 0 Å². The van der Waals surface area contributed by atoms with E-state index in [-0.39, 0.29) is 29.8 Å². The Balaban J connectivity index is 1.62. The first-order chi connectivity index (χ1) is 13.4. The SMILES string of the molecule is Cc1ccc(S(=O)(=O)NCCC(=O)N2CCN(C)C[C@H]2c2ccccc2)cc1. The Hall–Kier alpha value is -2.22. The molecule has 0 unspecified atom stereocenters. The summed E-state index contributed by atoms with van der Waals surface area (Å²) in [5.74, 6) is -0.0337. The molecule has 1 N–H and O–H groups in total. The standard InChI is InChI=1S/C21H27N3O3S/c1-17-8-10-19(11-9-17)28(26,27)22-13-12-21(25)24-15-14-23(2)16-20(24)18-6-4-3-5-7-18/h3-11,20,22H,12-16H2,1-2H3/t20-/m0/s1. The number of piperazine rings is 1. The molecule has 3 rings (SSSR count). The monoisotopic (exact) mass is 401 g/mol. The summed E-state index contributed by atoms with van der Waals surface area (Å²) < 4.78 is 27.3. The van der Waals surface area contributed by atoms with Crippen LogP contribution in [-0.2, 0) is 14.8 Å². The summed E-state index contributed by atoms with van der Waals surface area (Å²) in [6.45, 7) is 4.21. The van der Waals surface area contributed by atoms with Crippen molar-refractivity contribution in [3.05, 3.63) is 65.7 Å². The largest absolute Gasteiger partial charge is 0.333 e. The predicted molar refractivity (Wildman–Crippen MR) is 109 cm³/mol. The molecule has 0 aromatic heterocycles. The zero-order valence-electron chi connectivity index (χ0n) is 16.3. The van der Waals surface area contributed by atoms with Gasteiger partial charge in [0.1, 0.15) is 0 Å². The van der Waals surface area contributed by atoms with E-state index in [1.165, 1.54) is 0 Å². The van der Waals surface area contributed by atoms with Crippen LogP contribution in [0.2, 0.25) is 0 Å². The van der Waals surface area contributed by atoms with E-state index in [1.807, 2.05) is 49.2 Å². The van der Waals surface area contributed by atoms with Crippen molar-refractivity contribution in [3.63, 3.8) is 0 Å². The minimum absolute atomic E-state index is 0.0128. The van der Waals surface area contributed by atoms with Crippen LogP contribution in [0.15, 0.2) is 59.5 Å². The fourth-order valence-electron chi connectivity index (χ4n) is 3.42. The highest BCUT2D eigenvalue weighted by molar-refractivity contribution is 7.89. The predicted octanol–water partition coefficient (Wildman–Crippen LogP) is 2.18. The van der Waals surface area contributed by atoms with Crippen LogP contribution in [0.3, 0.4) is 0 Å². The first-order valence-electron chi connectivity index (χ1n) is 9.46. The highest BCUT2D eigenvalue weighted by Crippen LogP contribution is 2.25. The quantitative estimate of drug-likeness (QED) is 0.806. The van der Waals surface area contributed by atoms with Gasteiger partial charge in [0, 0.05) is 32.6 Å². The number of hydrogen-bond donors (Lipinski definition) is 1. The fourth-order valence-corrected chi connectivity index (χ4v) is 4.45. The maximum atomic E-state index is 12.8. The normalized spacial score (nSPS) is 18.2. The van der Waals surface area contributed by atoms with E-state index >= 15 is 0 Å². The summed E-state index contributed by atoms with van der Waals surface area (Å²) in [5.41, 5.74) is 2.10. The number of nitrogens with one attached hydrogen (secondary N) is 1. The van der Waals surface area contributed by atoms with Gasteiger partial charge in [0.15, 0.2) is 0 Å². The molecule has 0 radical (unpaired) electrons. The van der Waals surface area contributed by atoms with Crippen molar-refractivity contribution in [1.82, 2.24) is 14.5 Å². The lowest BCUT2D eigenvalue weighted by Gasteiger charge is -2.40. The van der Waals surface area contributed by atoms with Gasteiger partial charge in [0.05, 0.1) is 10.9 Å². The summed E-state index contributed by atoms with van der Waals surface area (Å²) in [4.78, 5) is 17.1. The van der Waals surface area contributed by atoms with Crippen molar-refractivity contribution in [1.29, 1.82) is 0 Å². The van der Waals surface area contributed by atoms with Crippen LogP contribution >= 0.6 is 0 Å². The first kappa shape index (κ1) is 20.5. The number of aryl methyl sites for hydroxylation is 1. The molecule has 1 saturated heterocycles. The zero-order valence-corrected chi connectivity index (χ0v) is 17.2. The molecule has 1 aliphatic heterocycles. The van der Waals surface area contributed by atoms with Crippen molar-refractivity contribution >= 4 is 15.9 Å². The lowest BCUT2D eigenvalue weighted by Crippen LogP contribution is -2.49. The van der Waals surface area contributed by atoms with Crippen molar-refractivity contribution in [2.45, 2.75) is 24.3 Å². The molecule has 2 aromatic carbocycles. The molecule has 0 bridgehead atoms. The highest BCUT2D eigenvalue weighted by atomic mass is 32.2. The first-order valence-corrected chi connectivity index (χ1v) is 10.9. The van der Waals surface area contributed by atoms with Crippen molar-refractivity contribution in [2.75, 3.05) is 33.2 Å². The number of amides is 1. The summed E-state index contributed by atoms with van der Waals surface area (Å²) >= 11 is 0. The Morgan fingerprint density at radius 2 is 1.75 bits per heavy atom. The fraction of sp³-hybridized carbons (Fsp3) is 0.381. The Bertz CT molecular complexity index is 898. The lowest BCUT2D eigenvalue weighted by molar-refractivity contribution is -0.136. The van der Waals surface area contributed by atoms with Gasteiger partial charge in [-0.15, -0.1) is 0 Å². The van der Waals surface area contributed by atoms with Gasteiger partial charge >= 0.3 is 0 Å². The number of hydrogen-bond acceptors (Lipinski definition) is 4. The molecule has 7 heteroatoms. The minimum atomic E-state index is -3.61. The zero-order chi connectivity index (χ0) is 20.1. The van der Waals surface area contributed by atoms with E-state index in [0.29, 0.717) is 6.54 Å². The van der Waals surface area contributed by atoms with Crippen molar-refractivity contribution < 1.29 is 13.2 Å². The Kier molecular flexibility index (Phi) is 6.49. The Morgan fingerprint density at radius 1 is 1.07 bits per heavy atom. The van der Waals surface area contributed by atoms with E-state index in [2.05, 4.69) is 9.62 Å². The number of benzene rings is 2. The average molecular weight is 402 g/mol. The molecule has 150 valence electrons. The van der Waals surface area contributed by atoms with Gasteiger partial charge in [-0.2, -0.15) is 0 Å². The van der Waals surface area contributed by atoms with Crippen molar-refractivity contribution in [3.8, 4) is 0 Å². The lowest BCUT2D eigenvalue weighted by atomic mass is 10.0. The summed E-state index contributed by atoms with van der Waals surface area (Å²) in [5, 5.41) is 0. The molecular formula is C21H27N3O3S. The van der Waals surface area contributed by atoms with Gasteiger partial charge in [0.2, 0.25) is 15.9 Å². The van der Waals surface area contributed by atoms with E-state index in [9.17, 15) is 13.2 Å². The molecule has 1 aliphatic rings. The van der Waals surface area contributed by atoms with Crippen LogP contribution in [0.1, 0.15) is 23.6 Å². The van der Waals surface area contributed by atoms with Crippen LogP contribution in [0.5, 0.6) is 0 Å². The van der Waals surface area contributed by atoms with Gasteiger partial charge in [-0.1, -0.05) is 48.0 Å². The van der Waals surface area contributed by atoms with Crippen LogP contribution in [0, 0.1) is 6.92 Å². The number of nitrogens with zero attached hydrogens (tertiary/aromatic N) is 2. The third kappa shape index (κ3) is 4.98. The summed E-state index contributed by atoms with van der Waals surface area (Å²) in [7, 11) is -1.56. The average Bonchev–Trinajstić information content (AvgIpc) is 2.68. The van der Waals surface area contributed by atoms with Crippen molar-refractivity contribution in [2.24, 2.45) is 0 Å². The second-order valence-electron chi connectivity index (χ2n) is 7.24. The molecule has 1 heterocycles. The molecule has 2 aromatic rings. The van der Waals surface area contributed by atoms with E-state index < -0.39 is 10.0 Å². The molecule has 0 saturated carbocycles. The Morgan fingerprint density at radius 3 is 2.43 bits per heavy atom. The highest BCUT2D eigenvalue weighted by Gasteiger charge is 2.30. The minimum Gasteiger partial charge on any atom is -0.333 e. The van der Waals surface area contributed by atoms with Crippen LogP contribution in [0.4, 0.5) is 0 Å². The second-order valence-corrected chi connectivity index (χ2v) is 9.00. The van der Waals surface area contributed by atoms with Gasteiger partial charge in [-0.3, -0.25) is 4.79 Å².